The van der Waals surface area contributed by atoms with Crippen LogP contribution in [-0.2, 0) is 24.3 Å². The van der Waals surface area contributed by atoms with E-state index >= 15 is 0 Å². The van der Waals surface area contributed by atoms with Gasteiger partial charge in [0, 0.05) is 19.5 Å². The number of hydrogen-bond donors (Lipinski definition) is 3. The van der Waals surface area contributed by atoms with E-state index in [4.69, 9.17) is 10.1 Å². The van der Waals surface area contributed by atoms with Crippen LogP contribution in [-0.4, -0.2) is 31.8 Å². The molecule has 7 heteroatoms. The van der Waals surface area contributed by atoms with Gasteiger partial charge in [0.05, 0.1) is 21.8 Å². The monoisotopic (exact) mass is 453 g/mol. The van der Waals surface area contributed by atoms with Gasteiger partial charge >= 0.3 is 5.97 Å². The maximum atomic E-state index is 12.3. The molecular weight excluding hydrogens is 422 g/mol. The number of carboxylic acids is 1. The fourth-order valence-electron chi connectivity index (χ4n) is 3.85. The SMILES string of the molecule is CCCc1nc2c(C)cc(CNC(=O)C(S)CCC)cc2n1Cc1ccc(C(=O)O)cc1. The van der Waals surface area contributed by atoms with E-state index in [9.17, 15) is 9.59 Å². The lowest BCUT2D eigenvalue weighted by atomic mass is 10.1. The van der Waals surface area contributed by atoms with Crippen molar-refractivity contribution in [1.82, 2.24) is 14.9 Å². The molecule has 0 radical (unpaired) electrons. The number of amides is 1. The largest absolute Gasteiger partial charge is 0.478 e. The van der Waals surface area contributed by atoms with Crippen LogP contribution in [0.25, 0.3) is 11.0 Å². The Balaban J connectivity index is 1.92. The number of carbonyl (C=O) groups is 2. The zero-order chi connectivity index (χ0) is 23.3. The van der Waals surface area contributed by atoms with Gasteiger partial charge in [-0.15, -0.1) is 0 Å². The average molecular weight is 454 g/mol. The van der Waals surface area contributed by atoms with Gasteiger partial charge in [0.1, 0.15) is 5.82 Å². The van der Waals surface area contributed by atoms with Crippen LogP contribution in [0.2, 0.25) is 0 Å². The molecule has 3 aromatic rings. The lowest BCUT2D eigenvalue weighted by molar-refractivity contribution is -0.120. The molecule has 32 heavy (non-hydrogen) atoms. The van der Waals surface area contributed by atoms with Crippen LogP contribution in [0.1, 0.15) is 66.0 Å². The van der Waals surface area contributed by atoms with E-state index in [1.807, 2.05) is 26.0 Å². The number of imidazole rings is 1. The van der Waals surface area contributed by atoms with E-state index in [0.29, 0.717) is 13.1 Å². The van der Waals surface area contributed by atoms with Gasteiger partial charge in [-0.05, 0) is 54.7 Å². The minimum absolute atomic E-state index is 0.0494. The summed E-state index contributed by atoms with van der Waals surface area (Å²) in [4.78, 5) is 28.3. The molecule has 1 amide bonds. The minimum Gasteiger partial charge on any atom is -0.478 e. The number of nitrogens with one attached hydrogen (secondary N) is 1. The predicted octanol–water partition coefficient (Wildman–Crippen LogP) is 4.76. The van der Waals surface area contributed by atoms with Crippen LogP contribution in [0.3, 0.4) is 0 Å². The van der Waals surface area contributed by atoms with Gasteiger partial charge < -0.3 is 15.0 Å². The van der Waals surface area contributed by atoms with Gasteiger partial charge in [0.25, 0.3) is 0 Å². The van der Waals surface area contributed by atoms with Gasteiger partial charge in [-0.25, -0.2) is 9.78 Å². The molecule has 1 unspecified atom stereocenters. The number of benzene rings is 2. The van der Waals surface area contributed by atoms with Crippen LogP contribution >= 0.6 is 12.6 Å². The van der Waals surface area contributed by atoms with Crippen LogP contribution in [0, 0.1) is 6.92 Å². The molecule has 0 fully saturated rings. The van der Waals surface area contributed by atoms with Crippen molar-refractivity contribution in [2.75, 3.05) is 0 Å². The van der Waals surface area contributed by atoms with Crippen LogP contribution in [0.5, 0.6) is 0 Å². The van der Waals surface area contributed by atoms with E-state index in [1.165, 1.54) is 0 Å². The molecular formula is C25H31N3O3S. The standard InChI is InChI=1S/C25H31N3O3S/c1-4-6-21(32)24(29)26-14-18-12-16(3)23-20(13-18)28(22(27-23)7-5-2)15-17-8-10-19(11-9-17)25(30)31/h8-13,21,32H,4-7,14-15H2,1-3H3,(H,26,29)(H,30,31). The molecule has 3 rings (SSSR count). The first-order valence-electron chi connectivity index (χ1n) is 11.1. The quantitative estimate of drug-likeness (QED) is 0.387. The van der Waals surface area contributed by atoms with Gasteiger partial charge in [-0.2, -0.15) is 12.6 Å². The van der Waals surface area contributed by atoms with E-state index < -0.39 is 5.97 Å². The molecule has 0 bridgehead atoms. The summed E-state index contributed by atoms with van der Waals surface area (Å²) in [6.07, 6.45) is 3.50. The van der Waals surface area contributed by atoms with Gasteiger partial charge in [-0.3, -0.25) is 4.79 Å². The Morgan fingerprint density at radius 1 is 1.12 bits per heavy atom. The summed E-state index contributed by atoms with van der Waals surface area (Å²) in [5.41, 5.74) is 5.36. The molecule has 0 aliphatic heterocycles. The van der Waals surface area contributed by atoms with Gasteiger partial charge in [-0.1, -0.05) is 38.5 Å². The first-order valence-corrected chi connectivity index (χ1v) is 11.6. The molecule has 0 saturated heterocycles. The second-order valence-corrected chi connectivity index (χ2v) is 8.79. The van der Waals surface area contributed by atoms with E-state index in [-0.39, 0.29) is 16.7 Å². The van der Waals surface area contributed by atoms with Crippen molar-refractivity contribution in [2.45, 2.75) is 64.8 Å². The maximum Gasteiger partial charge on any atom is 0.335 e. The fourth-order valence-corrected chi connectivity index (χ4v) is 4.20. The Hall–Kier alpha value is -2.80. The third kappa shape index (κ3) is 5.51. The molecule has 2 aromatic carbocycles. The summed E-state index contributed by atoms with van der Waals surface area (Å²) in [7, 11) is 0. The predicted molar refractivity (Wildman–Crippen MR) is 130 cm³/mol. The Labute approximate surface area is 194 Å². The molecule has 170 valence electrons. The van der Waals surface area contributed by atoms with Crippen molar-refractivity contribution in [3.05, 3.63) is 64.5 Å². The molecule has 0 saturated carbocycles. The zero-order valence-electron chi connectivity index (χ0n) is 18.9. The van der Waals surface area contributed by atoms with E-state index in [1.54, 1.807) is 12.1 Å². The Morgan fingerprint density at radius 3 is 2.47 bits per heavy atom. The van der Waals surface area contributed by atoms with Crippen LogP contribution in [0.4, 0.5) is 0 Å². The highest BCUT2D eigenvalue weighted by Crippen LogP contribution is 2.24. The zero-order valence-corrected chi connectivity index (χ0v) is 19.8. The number of fused-ring (bicyclic) bond motifs is 1. The van der Waals surface area contributed by atoms with Crippen molar-refractivity contribution in [3.8, 4) is 0 Å². The van der Waals surface area contributed by atoms with Gasteiger partial charge in [0.15, 0.2) is 0 Å². The third-order valence-corrected chi connectivity index (χ3v) is 6.02. The highest BCUT2D eigenvalue weighted by Gasteiger charge is 2.16. The first kappa shape index (κ1) is 23.9. The smallest absolute Gasteiger partial charge is 0.335 e. The van der Waals surface area contributed by atoms with Crippen LogP contribution in [0.15, 0.2) is 36.4 Å². The summed E-state index contributed by atoms with van der Waals surface area (Å²) in [6, 6.07) is 11.1. The third-order valence-electron chi connectivity index (χ3n) is 5.53. The number of aryl methyl sites for hydroxylation is 2. The lowest BCUT2D eigenvalue weighted by Gasteiger charge is -2.13. The van der Waals surface area contributed by atoms with Gasteiger partial charge in [0.2, 0.25) is 5.91 Å². The van der Waals surface area contributed by atoms with E-state index in [0.717, 1.165) is 59.2 Å². The van der Waals surface area contributed by atoms with E-state index in [2.05, 4.69) is 41.6 Å². The summed E-state index contributed by atoms with van der Waals surface area (Å²) in [5.74, 6) is 0.0279. The normalized spacial score (nSPS) is 12.1. The molecule has 1 heterocycles. The Kier molecular flexibility index (Phi) is 7.96. The summed E-state index contributed by atoms with van der Waals surface area (Å²) in [5, 5.41) is 11.9. The van der Waals surface area contributed by atoms with Crippen molar-refractivity contribution < 1.29 is 14.7 Å². The number of rotatable bonds is 10. The summed E-state index contributed by atoms with van der Waals surface area (Å²) >= 11 is 4.39. The fraction of sp³-hybridized carbons (Fsp3) is 0.400. The Bertz CT molecular complexity index is 1110. The number of carbonyl (C=O) groups excluding carboxylic acids is 1. The molecule has 1 atom stereocenters. The average Bonchev–Trinajstić information content (AvgIpc) is 3.10. The summed E-state index contributed by atoms with van der Waals surface area (Å²) in [6.45, 7) is 7.26. The minimum atomic E-state index is -0.930. The number of thiol groups is 1. The molecule has 6 nitrogen and oxygen atoms in total. The second-order valence-electron chi connectivity index (χ2n) is 8.17. The maximum absolute atomic E-state index is 12.3. The van der Waals surface area contributed by atoms with Crippen molar-refractivity contribution >= 4 is 35.5 Å². The number of nitrogens with zero attached hydrogens (tertiary/aromatic N) is 2. The van der Waals surface area contributed by atoms with Crippen molar-refractivity contribution in [3.63, 3.8) is 0 Å². The molecule has 0 aliphatic rings. The second kappa shape index (κ2) is 10.7. The lowest BCUT2D eigenvalue weighted by Crippen LogP contribution is -2.30. The summed E-state index contributed by atoms with van der Waals surface area (Å²) < 4.78 is 2.20. The number of aromatic nitrogens is 2. The highest BCUT2D eigenvalue weighted by atomic mass is 32.1. The van der Waals surface area contributed by atoms with Crippen LogP contribution < -0.4 is 5.32 Å². The highest BCUT2D eigenvalue weighted by molar-refractivity contribution is 7.81. The topological polar surface area (TPSA) is 84.2 Å². The molecule has 1 aromatic heterocycles. The Morgan fingerprint density at radius 2 is 1.84 bits per heavy atom. The van der Waals surface area contributed by atoms with Crippen molar-refractivity contribution in [1.29, 1.82) is 0 Å². The van der Waals surface area contributed by atoms with Crippen molar-refractivity contribution in [2.24, 2.45) is 0 Å². The first-order chi connectivity index (χ1) is 15.3. The number of hydrogen-bond acceptors (Lipinski definition) is 4. The molecule has 0 spiro atoms. The molecule has 0 aliphatic carbocycles. The molecule has 2 N–H and O–H groups in total. The number of aromatic carboxylic acids is 1. The number of carboxylic acid groups (broad SMARTS) is 1.